The summed E-state index contributed by atoms with van der Waals surface area (Å²) in [5.41, 5.74) is 2.70. The number of aromatic nitrogens is 2. The molecule has 1 atom stereocenters. The van der Waals surface area contributed by atoms with E-state index in [0.717, 1.165) is 36.6 Å². The maximum absolute atomic E-state index is 10.3. The second-order valence-corrected chi connectivity index (χ2v) is 6.40. The molecular formula is C17H24N4O. The number of aromatic hydroxyl groups is 1. The first kappa shape index (κ1) is 14.9. The van der Waals surface area contributed by atoms with Crippen LogP contribution in [0.3, 0.4) is 0 Å². The van der Waals surface area contributed by atoms with Gasteiger partial charge in [-0.15, -0.1) is 0 Å². The number of anilines is 1. The highest BCUT2D eigenvalue weighted by Crippen LogP contribution is 2.32. The lowest BCUT2D eigenvalue weighted by Gasteiger charge is -2.36. The molecular weight excluding hydrogens is 276 g/mol. The summed E-state index contributed by atoms with van der Waals surface area (Å²) in [6.07, 6.45) is 2.87. The Balaban J connectivity index is 1.76. The molecule has 1 aromatic heterocycles. The summed E-state index contributed by atoms with van der Waals surface area (Å²) in [5.74, 6) is 0.981. The highest BCUT2D eigenvalue weighted by atomic mass is 16.3. The minimum absolute atomic E-state index is 0.292. The molecule has 1 saturated heterocycles. The third-order valence-electron chi connectivity index (χ3n) is 4.15. The van der Waals surface area contributed by atoms with Crippen LogP contribution >= 0.6 is 0 Å². The Hall–Kier alpha value is -2.01. The van der Waals surface area contributed by atoms with Gasteiger partial charge in [0.15, 0.2) is 0 Å². The van der Waals surface area contributed by atoms with Gasteiger partial charge in [-0.05, 0) is 30.5 Å². The van der Waals surface area contributed by atoms with Gasteiger partial charge in [0.1, 0.15) is 5.75 Å². The smallest absolute Gasteiger partial charge is 0.127 e. The van der Waals surface area contributed by atoms with Crippen LogP contribution in [0.5, 0.6) is 5.75 Å². The van der Waals surface area contributed by atoms with Gasteiger partial charge < -0.3 is 15.3 Å². The van der Waals surface area contributed by atoms with Crippen molar-refractivity contribution in [1.29, 1.82) is 0 Å². The molecule has 1 aromatic carbocycles. The third-order valence-corrected chi connectivity index (χ3v) is 4.15. The number of nitrogens with zero attached hydrogens (tertiary/aromatic N) is 2. The lowest BCUT2D eigenvalue weighted by molar-refractivity contribution is 0.388. The van der Waals surface area contributed by atoms with Crippen LogP contribution in [0.1, 0.15) is 20.3 Å². The number of hydrogen-bond donors (Lipinski definition) is 3. The van der Waals surface area contributed by atoms with Crippen LogP contribution in [0.25, 0.3) is 11.3 Å². The Morgan fingerprint density at radius 2 is 2.23 bits per heavy atom. The van der Waals surface area contributed by atoms with E-state index >= 15 is 0 Å². The minimum atomic E-state index is 0.292. The predicted molar refractivity (Wildman–Crippen MR) is 89.1 cm³/mol. The van der Waals surface area contributed by atoms with Crippen molar-refractivity contribution in [2.24, 2.45) is 5.92 Å². The standard InChI is InChI=1S/C17H24N4O/c1-12(2)9-13-11-21(8-7-18-13)14-3-4-15(17(22)10-14)16-5-6-19-20-16/h3-6,10,12-13,18,22H,7-9,11H2,1-2H3,(H,19,20). The number of phenolic OH excluding ortho intramolecular Hbond substituents is 1. The van der Waals surface area contributed by atoms with Gasteiger partial charge in [-0.1, -0.05) is 13.8 Å². The molecule has 1 unspecified atom stereocenters. The van der Waals surface area contributed by atoms with Crippen molar-refractivity contribution in [3.63, 3.8) is 0 Å². The normalized spacial score (nSPS) is 18.9. The Bertz CT molecular complexity index is 609. The van der Waals surface area contributed by atoms with Crippen LogP contribution in [0, 0.1) is 5.92 Å². The van der Waals surface area contributed by atoms with Crippen molar-refractivity contribution < 1.29 is 5.11 Å². The van der Waals surface area contributed by atoms with Crippen LogP contribution < -0.4 is 10.2 Å². The summed E-state index contributed by atoms with van der Waals surface area (Å²) in [4.78, 5) is 2.35. The van der Waals surface area contributed by atoms with Gasteiger partial charge in [0.05, 0.1) is 5.69 Å². The number of aromatic amines is 1. The first-order valence-electron chi connectivity index (χ1n) is 7.94. The Kier molecular flexibility index (Phi) is 4.34. The van der Waals surface area contributed by atoms with Crippen LogP contribution in [-0.4, -0.2) is 41.0 Å². The lowest BCUT2D eigenvalue weighted by atomic mass is 10.0. The highest BCUT2D eigenvalue weighted by Gasteiger charge is 2.21. The molecule has 0 saturated carbocycles. The fourth-order valence-electron chi connectivity index (χ4n) is 3.14. The predicted octanol–water partition coefficient (Wildman–Crippen LogP) is 2.61. The van der Waals surface area contributed by atoms with E-state index in [4.69, 9.17) is 0 Å². The Morgan fingerprint density at radius 3 is 2.91 bits per heavy atom. The van der Waals surface area contributed by atoms with Crippen LogP contribution in [0.15, 0.2) is 30.5 Å². The highest BCUT2D eigenvalue weighted by molar-refractivity contribution is 5.70. The second kappa shape index (κ2) is 6.40. The van der Waals surface area contributed by atoms with E-state index in [1.807, 2.05) is 18.2 Å². The molecule has 0 spiro atoms. The van der Waals surface area contributed by atoms with E-state index < -0.39 is 0 Å². The molecule has 5 heteroatoms. The molecule has 3 N–H and O–H groups in total. The van der Waals surface area contributed by atoms with E-state index in [0.29, 0.717) is 17.7 Å². The molecule has 5 nitrogen and oxygen atoms in total. The lowest BCUT2D eigenvalue weighted by Crippen LogP contribution is -2.51. The average molecular weight is 300 g/mol. The van der Waals surface area contributed by atoms with Crippen molar-refractivity contribution in [2.75, 3.05) is 24.5 Å². The first-order valence-corrected chi connectivity index (χ1v) is 7.94. The van der Waals surface area contributed by atoms with Gasteiger partial charge >= 0.3 is 0 Å². The quantitative estimate of drug-likeness (QED) is 0.812. The summed E-state index contributed by atoms with van der Waals surface area (Å²) < 4.78 is 0. The van der Waals surface area contributed by atoms with Crippen LogP contribution in [-0.2, 0) is 0 Å². The Labute approximate surface area is 131 Å². The topological polar surface area (TPSA) is 64.2 Å². The maximum Gasteiger partial charge on any atom is 0.127 e. The first-order chi connectivity index (χ1) is 10.6. The Morgan fingerprint density at radius 1 is 1.36 bits per heavy atom. The van der Waals surface area contributed by atoms with Gasteiger partial charge in [0.2, 0.25) is 0 Å². The number of benzene rings is 1. The third kappa shape index (κ3) is 3.25. The van der Waals surface area contributed by atoms with E-state index in [2.05, 4.69) is 40.3 Å². The maximum atomic E-state index is 10.3. The molecule has 22 heavy (non-hydrogen) atoms. The van der Waals surface area contributed by atoms with E-state index in [9.17, 15) is 5.11 Å². The molecule has 0 aliphatic carbocycles. The average Bonchev–Trinajstić information content (AvgIpc) is 3.00. The van der Waals surface area contributed by atoms with Crippen molar-refractivity contribution in [2.45, 2.75) is 26.3 Å². The number of H-pyrrole nitrogens is 1. The molecule has 0 bridgehead atoms. The minimum Gasteiger partial charge on any atom is -0.507 e. The zero-order chi connectivity index (χ0) is 15.5. The number of rotatable bonds is 4. The summed E-state index contributed by atoms with van der Waals surface area (Å²) in [6.45, 7) is 7.45. The molecule has 1 fully saturated rings. The van der Waals surface area contributed by atoms with E-state index in [1.165, 1.54) is 6.42 Å². The summed E-state index contributed by atoms with van der Waals surface area (Å²) in [7, 11) is 0. The van der Waals surface area contributed by atoms with Gasteiger partial charge in [0, 0.05) is 49.2 Å². The van der Waals surface area contributed by atoms with Gasteiger partial charge in [-0.25, -0.2) is 0 Å². The number of piperazine rings is 1. The van der Waals surface area contributed by atoms with E-state index in [1.54, 1.807) is 6.20 Å². The molecule has 0 amide bonds. The van der Waals surface area contributed by atoms with Gasteiger partial charge in [0.25, 0.3) is 0 Å². The number of nitrogens with one attached hydrogen (secondary N) is 2. The van der Waals surface area contributed by atoms with Gasteiger partial charge in [-0.3, -0.25) is 5.10 Å². The fourth-order valence-corrected chi connectivity index (χ4v) is 3.14. The second-order valence-electron chi connectivity index (χ2n) is 6.40. The summed E-state index contributed by atoms with van der Waals surface area (Å²) in [6, 6.07) is 8.26. The van der Waals surface area contributed by atoms with Crippen LogP contribution in [0.4, 0.5) is 5.69 Å². The SMILES string of the molecule is CC(C)CC1CN(c2ccc(-c3ccn[nH]3)c(O)c2)CCN1. The molecule has 2 aromatic rings. The molecule has 1 aliphatic heterocycles. The molecule has 0 radical (unpaired) electrons. The van der Waals surface area contributed by atoms with Crippen molar-refractivity contribution in [3.05, 3.63) is 30.5 Å². The number of hydrogen-bond acceptors (Lipinski definition) is 4. The van der Waals surface area contributed by atoms with Crippen molar-refractivity contribution >= 4 is 5.69 Å². The zero-order valence-electron chi connectivity index (χ0n) is 13.2. The fraction of sp³-hybridized carbons (Fsp3) is 0.471. The summed E-state index contributed by atoms with van der Waals surface area (Å²) >= 11 is 0. The molecule has 118 valence electrons. The number of phenols is 1. The van der Waals surface area contributed by atoms with E-state index in [-0.39, 0.29) is 0 Å². The zero-order valence-corrected chi connectivity index (χ0v) is 13.2. The molecule has 1 aliphatic rings. The summed E-state index contributed by atoms with van der Waals surface area (Å²) in [5, 5.41) is 20.7. The van der Waals surface area contributed by atoms with Crippen molar-refractivity contribution in [1.82, 2.24) is 15.5 Å². The largest absolute Gasteiger partial charge is 0.507 e. The van der Waals surface area contributed by atoms with Gasteiger partial charge in [-0.2, -0.15) is 5.10 Å². The monoisotopic (exact) mass is 300 g/mol. The van der Waals surface area contributed by atoms with Crippen LogP contribution in [0.2, 0.25) is 0 Å². The molecule has 3 rings (SSSR count). The van der Waals surface area contributed by atoms with Crippen molar-refractivity contribution in [3.8, 4) is 17.0 Å². The molecule has 2 heterocycles.